The van der Waals surface area contributed by atoms with Crippen LogP contribution in [-0.4, -0.2) is 29.6 Å². The fourth-order valence-corrected chi connectivity index (χ4v) is 2.16. The van der Waals surface area contributed by atoms with Gasteiger partial charge in [0.2, 0.25) is 5.91 Å². The molecule has 1 fully saturated rings. The number of carbonyl (C=O) groups is 1. The molecule has 1 aromatic rings. The molecule has 7 heteroatoms. The number of halogens is 2. The van der Waals surface area contributed by atoms with Crippen LogP contribution in [-0.2, 0) is 4.79 Å². The summed E-state index contributed by atoms with van der Waals surface area (Å²) < 4.78 is 12.8. The highest BCUT2D eigenvalue weighted by Gasteiger charge is 2.29. The molecule has 1 amide bonds. The lowest BCUT2D eigenvalue weighted by Gasteiger charge is -2.07. The number of thiazole rings is 1. The van der Waals surface area contributed by atoms with Crippen LogP contribution in [0.4, 0.5) is 9.52 Å². The van der Waals surface area contributed by atoms with Gasteiger partial charge < -0.3 is 10.6 Å². The highest BCUT2D eigenvalue weighted by atomic mass is 35.5. The third-order valence-corrected chi connectivity index (χ3v) is 3.07. The van der Waals surface area contributed by atoms with Gasteiger partial charge in [0.15, 0.2) is 5.13 Å². The van der Waals surface area contributed by atoms with E-state index in [4.69, 9.17) is 0 Å². The first-order valence-electron chi connectivity index (χ1n) is 4.76. The van der Waals surface area contributed by atoms with E-state index in [2.05, 4.69) is 15.6 Å². The molecule has 1 aliphatic rings. The van der Waals surface area contributed by atoms with Crippen molar-refractivity contribution in [3.63, 3.8) is 0 Å². The van der Waals surface area contributed by atoms with Gasteiger partial charge in [-0.1, -0.05) is 0 Å². The van der Waals surface area contributed by atoms with Crippen molar-refractivity contribution in [1.29, 1.82) is 0 Å². The van der Waals surface area contributed by atoms with Crippen molar-refractivity contribution in [1.82, 2.24) is 10.3 Å². The van der Waals surface area contributed by atoms with Gasteiger partial charge in [-0.2, -0.15) is 0 Å². The second-order valence-corrected chi connectivity index (χ2v) is 4.79. The Balaban J connectivity index is 0.00000128. The molecule has 1 saturated heterocycles. The number of anilines is 1. The van der Waals surface area contributed by atoms with E-state index in [-0.39, 0.29) is 31.3 Å². The molecule has 2 rings (SSSR count). The van der Waals surface area contributed by atoms with E-state index >= 15 is 0 Å². The first-order chi connectivity index (χ1) is 7.15. The van der Waals surface area contributed by atoms with E-state index < -0.39 is 12.2 Å². The normalized spacial score (nSPS) is 23.9. The summed E-state index contributed by atoms with van der Waals surface area (Å²) >= 11 is 1.41. The van der Waals surface area contributed by atoms with Crippen LogP contribution in [0.3, 0.4) is 0 Å². The average Bonchev–Trinajstić information content (AvgIpc) is 2.75. The number of hydrogen-bond donors (Lipinski definition) is 2. The molecule has 0 aliphatic carbocycles. The molecule has 4 nitrogen and oxygen atoms in total. The standard InChI is InChI=1S/C9H12FN3OS.ClH/c1-5-3-12-9(15-5)13-8(14)7-2-6(10)4-11-7;/h3,6-7,11H,2,4H2,1H3,(H,12,13,14);1H/t6-,7+;/m0./s1. The van der Waals surface area contributed by atoms with Crippen LogP contribution >= 0.6 is 23.7 Å². The number of carbonyl (C=O) groups excluding carboxylic acids is 1. The van der Waals surface area contributed by atoms with Crippen molar-refractivity contribution in [3.05, 3.63) is 11.1 Å². The predicted molar refractivity (Wildman–Crippen MR) is 64.0 cm³/mol. The molecule has 16 heavy (non-hydrogen) atoms. The van der Waals surface area contributed by atoms with Gasteiger partial charge in [-0.3, -0.25) is 4.79 Å². The maximum absolute atomic E-state index is 12.8. The number of aryl methyl sites for hydroxylation is 1. The zero-order chi connectivity index (χ0) is 10.8. The summed E-state index contributed by atoms with van der Waals surface area (Å²) in [6.45, 7) is 2.17. The molecule has 2 atom stereocenters. The minimum atomic E-state index is -0.918. The van der Waals surface area contributed by atoms with Crippen molar-refractivity contribution in [2.45, 2.75) is 25.6 Å². The molecular formula is C9H13ClFN3OS. The topological polar surface area (TPSA) is 54.0 Å². The van der Waals surface area contributed by atoms with Crippen LogP contribution in [0.15, 0.2) is 6.20 Å². The number of nitrogens with zero attached hydrogens (tertiary/aromatic N) is 1. The van der Waals surface area contributed by atoms with Crippen LogP contribution in [0, 0.1) is 6.92 Å². The lowest BCUT2D eigenvalue weighted by atomic mass is 10.2. The lowest BCUT2D eigenvalue weighted by molar-refractivity contribution is -0.117. The molecule has 1 aliphatic heterocycles. The Bertz CT molecular complexity index is 373. The van der Waals surface area contributed by atoms with Crippen molar-refractivity contribution in [2.24, 2.45) is 0 Å². The van der Waals surface area contributed by atoms with E-state index in [9.17, 15) is 9.18 Å². The number of rotatable bonds is 2. The number of aromatic nitrogens is 1. The Labute approximate surface area is 103 Å². The highest BCUT2D eigenvalue weighted by molar-refractivity contribution is 7.15. The largest absolute Gasteiger partial charge is 0.303 e. The van der Waals surface area contributed by atoms with E-state index in [1.807, 2.05) is 6.92 Å². The molecule has 2 heterocycles. The lowest BCUT2D eigenvalue weighted by Crippen LogP contribution is -2.35. The van der Waals surface area contributed by atoms with Crippen LogP contribution in [0.2, 0.25) is 0 Å². The van der Waals surface area contributed by atoms with Gasteiger partial charge in [0.05, 0.1) is 6.04 Å². The Morgan fingerprint density at radius 1 is 1.75 bits per heavy atom. The molecule has 90 valence electrons. The number of hydrogen-bond acceptors (Lipinski definition) is 4. The number of amides is 1. The minimum absolute atomic E-state index is 0. The summed E-state index contributed by atoms with van der Waals surface area (Å²) in [6, 6.07) is -0.427. The van der Waals surface area contributed by atoms with Crippen LogP contribution in [0.25, 0.3) is 0 Å². The fraction of sp³-hybridized carbons (Fsp3) is 0.556. The van der Waals surface area contributed by atoms with Crippen LogP contribution in [0.1, 0.15) is 11.3 Å². The van der Waals surface area contributed by atoms with Crippen molar-refractivity contribution in [2.75, 3.05) is 11.9 Å². The third-order valence-electron chi connectivity index (χ3n) is 2.25. The summed E-state index contributed by atoms with van der Waals surface area (Å²) in [6.07, 6.45) is 1.02. The third kappa shape index (κ3) is 3.13. The van der Waals surface area contributed by atoms with Crippen molar-refractivity contribution >= 4 is 34.8 Å². The van der Waals surface area contributed by atoms with E-state index in [0.29, 0.717) is 5.13 Å². The summed E-state index contributed by atoms with van der Waals surface area (Å²) in [5, 5.41) is 6.06. The second-order valence-electron chi connectivity index (χ2n) is 3.56. The van der Waals surface area contributed by atoms with Crippen LogP contribution in [0.5, 0.6) is 0 Å². The van der Waals surface area contributed by atoms with Gasteiger partial charge in [0.25, 0.3) is 0 Å². The Kier molecular flexibility index (Phi) is 4.64. The highest BCUT2D eigenvalue weighted by Crippen LogP contribution is 2.18. The van der Waals surface area contributed by atoms with Gasteiger partial charge in [-0.25, -0.2) is 9.37 Å². The Morgan fingerprint density at radius 3 is 3.00 bits per heavy atom. The molecule has 0 saturated carbocycles. The van der Waals surface area contributed by atoms with Gasteiger partial charge in [0.1, 0.15) is 6.17 Å². The van der Waals surface area contributed by atoms with Crippen LogP contribution < -0.4 is 10.6 Å². The maximum Gasteiger partial charge on any atom is 0.243 e. The second kappa shape index (κ2) is 5.56. The Hall–Kier alpha value is -0.720. The number of nitrogens with one attached hydrogen (secondary N) is 2. The van der Waals surface area contributed by atoms with E-state index in [0.717, 1.165) is 4.88 Å². The molecular weight excluding hydrogens is 253 g/mol. The quantitative estimate of drug-likeness (QED) is 0.852. The molecule has 2 N–H and O–H groups in total. The number of alkyl halides is 1. The summed E-state index contributed by atoms with van der Waals surface area (Å²) in [5.41, 5.74) is 0. The summed E-state index contributed by atoms with van der Waals surface area (Å²) in [7, 11) is 0. The fourth-order valence-electron chi connectivity index (χ4n) is 1.50. The van der Waals surface area contributed by atoms with E-state index in [1.54, 1.807) is 6.20 Å². The average molecular weight is 266 g/mol. The first-order valence-corrected chi connectivity index (χ1v) is 5.57. The van der Waals surface area contributed by atoms with Crippen molar-refractivity contribution in [3.8, 4) is 0 Å². The molecule has 1 aromatic heterocycles. The minimum Gasteiger partial charge on any atom is -0.303 e. The molecule has 0 unspecified atom stereocenters. The molecule has 0 radical (unpaired) electrons. The van der Waals surface area contributed by atoms with E-state index in [1.165, 1.54) is 11.3 Å². The zero-order valence-electron chi connectivity index (χ0n) is 8.70. The van der Waals surface area contributed by atoms with Crippen molar-refractivity contribution < 1.29 is 9.18 Å². The SMILES string of the molecule is Cc1cnc(NC(=O)[C@H]2C[C@H](F)CN2)s1.Cl. The molecule has 0 spiro atoms. The van der Waals surface area contributed by atoms with Gasteiger partial charge in [0, 0.05) is 24.0 Å². The maximum atomic E-state index is 12.8. The predicted octanol–water partition coefficient (Wildman–Crippen LogP) is 1.51. The van der Waals surface area contributed by atoms with Gasteiger partial charge in [-0.05, 0) is 6.92 Å². The van der Waals surface area contributed by atoms with Gasteiger partial charge >= 0.3 is 0 Å². The zero-order valence-corrected chi connectivity index (χ0v) is 10.3. The smallest absolute Gasteiger partial charge is 0.243 e. The first kappa shape index (κ1) is 13.3. The summed E-state index contributed by atoms with van der Waals surface area (Å²) in [4.78, 5) is 16.6. The molecule has 0 aromatic carbocycles. The molecule has 0 bridgehead atoms. The monoisotopic (exact) mass is 265 g/mol. The Morgan fingerprint density at radius 2 is 2.50 bits per heavy atom. The summed E-state index contributed by atoms with van der Waals surface area (Å²) in [5.74, 6) is -0.204. The van der Waals surface area contributed by atoms with Gasteiger partial charge in [-0.15, -0.1) is 23.7 Å².